The third-order valence-electron chi connectivity index (χ3n) is 3.34. The summed E-state index contributed by atoms with van der Waals surface area (Å²) >= 11 is 0. The largest absolute Gasteiger partial charge is 0.435 e. The molecule has 0 aliphatic heterocycles. The monoisotopic (exact) mass is 355 g/mol. The van der Waals surface area contributed by atoms with Gasteiger partial charge in [-0.05, 0) is 18.6 Å². The molecule has 0 atom stereocenters. The lowest BCUT2D eigenvalue weighted by Crippen LogP contribution is -2.29. The maximum Gasteiger partial charge on any atom is 0.435 e. The molecule has 0 amide bonds. The van der Waals surface area contributed by atoms with Gasteiger partial charge in [-0.25, -0.2) is 13.8 Å². The first-order valence-electron chi connectivity index (χ1n) is 7.03. The highest BCUT2D eigenvalue weighted by Crippen LogP contribution is 2.36. The van der Waals surface area contributed by atoms with Crippen molar-refractivity contribution in [2.45, 2.75) is 13.1 Å². The highest BCUT2D eigenvalue weighted by atomic mass is 19.4. The minimum Gasteiger partial charge on any atom is -0.403 e. The summed E-state index contributed by atoms with van der Waals surface area (Å²) in [4.78, 5) is 3.32. The summed E-state index contributed by atoms with van der Waals surface area (Å²) in [5, 5.41) is 0. The van der Waals surface area contributed by atoms with Crippen molar-refractivity contribution in [3.8, 4) is 11.1 Å². The van der Waals surface area contributed by atoms with Crippen molar-refractivity contribution in [1.29, 1.82) is 0 Å². The Balaban J connectivity index is 2.76. The molecule has 0 unspecified atom stereocenters. The molecule has 4 N–H and O–H groups in total. The molecule has 0 aliphatic carbocycles. The van der Waals surface area contributed by atoms with Gasteiger partial charge in [-0.1, -0.05) is 29.8 Å². The van der Waals surface area contributed by atoms with Crippen LogP contribution in [0.3, 0.4) is 0 Å². The molecular formula is C17H14F5N3. The first-order chi connectivity index (χ1) is 11.6. The zero-order valence-electron chi connectivity index (χ0n) is 13.0. The molecule has 0 bridgehead atoms. The summed E-state index contributed by atoms with van der Waals surface area (Å²) in [6, 6.07) is 7.72. The maximum absolute atomic E-state index is 14.2. The molecule has 0 radical (unpaired) electrons. The van der Waals surface area contributed by atoms with E-state index in [9.17, 15) is 22.0 Å². The fourth-order valence-electron chi connectivity index (χ4n) is 2.12. The first-order valence-corrected chi connectivity index (χ1v) is 7.03. The Morgan fingerprint density at radius 2 is 1.68 bits per heavy atom. The van der Waals surface area contributed by atoms with Gasteiger partial charge in [0, 0.05) is 17.8 Å². The molecule has 2 aromatic rings. The smallest absolute Gasteiger partial charge is 0.403 e. The van der Waals surface area contributed by atoms with Crippen LogP contribution in [-0.2, 0) is 0 Å². The number of nitrogens with zero attached hydrogens (tertiary/aromatic N) is 1. The number of nitrogens with two attached hydrogens (primary N) is 2. The SMILES string of the molecule is Cc1ccc(-c2cc(F)cc(F)c2N=C(C(N)=CN)C(F)(F)F)cc1. The molecular weight excluding hydrogens is 341 g/mol. The van der Waals surface area contributed by atoms with E-state index in [0.717, 1.165) is 11.6 Å². The van der Waals surface area contributed by atoms with Crippen LogP contribution in [0, 0.1) is 18.6 Å². The van der Waals surface area contributed by atoms with Crippen LogP contribution in [-0.4, -0.2) is 11.9 Å². The van der Waals surface area contributed by atoms with E-state index < -0.39 is 34.9 Å². The van der Waals surface area contributed by atoms with Gasteiger partial charge in [-0.3, -0.25) is 0 Å². The van der Waals surface area contributed by atoms with Gasteiger partial charge >= 0.3 is 6.18 Å². The number of allylic oxidation sites excluding steroid dienone is 1. The van der Waals surface area contributed by atoms with Crippen LogP contribution in [0.4, 0.5) is 27.6 Å². The summed E-state index contributed by atoms with van der Waals surface area (Å²) in [7, 11) is 0. The molecule has 0 saturated heterocycles. The average molecular weight is 355 g/mol. The minimum atomic E-state index is -4.97. The normalized spacial score (nSPS) is 13.2. The van der Waals surface area contributed by atoms with Gasteiger partial charge < -0.3 is 11.5 Å². The maximum atomic E-state index is 14.2. The van der Waals surface area contributed by atoms with E-state index in [1.807, 2.05) is 0 Å². The zero-order chi connectivity index (χ0) is 18.8. The molecule has 0 aliphatic rings. The van der Waals surface area contributed by atoms with Crippen molar-refractivity contribution in [3.05, 3.63) is 65.5 Å². The Hall–Kier alpha value is -2.90. The summed E-state index contributed by atoms with van der Waals surface area (Å²) in [6.07, 6.45) is -4.45. The predicted octanol–water partition coefficient (Wildman–Crippen LogP) is 4.33. The van der Waals surface area contributed by atoms with E-state index in [2.05, 4.69) is 4.99 Å². The number of alkyl halides is 3. The lowest BCUT2D eigenvalue weighted by Gasteiger charge is -2.13. The first kappa shape index (κ1) is 18.4. The van der Waals surface area contributed by atoms with Crippen molar-refractivity contribution >= 4 is 11.4 Å². The fraction of sp³-hybridized carbons (Fsp3) is 0.118. The molecule has 0 saturated carbocycles. The average Bonchev–Trinajstić information content (AvgIpc) is 2.52. The fourth-order valence-corrected chi connectivity index (χ4v) is 2.12. The minimum absolute atomic E-state index is 0.135. The number of aryl methyl sites for hydroxylation is 1. The standard InChI is InChI=1S/C17H14F5N3/c1-9-2-4-10(5-3-9)12-6-11(18)7-13(19)15(12)25-16(14(24)8-23)17(20,21)22/h2-8H,23-24H2,1H3. The Labute approximate surface area is 140 Å². The third kappa shape index (κ3) is 4.14. The second-order valence-electron chi connectivity index (χ2n) is 5.23. The van der Waals surface area contributed by atoms with Gasteiger partial charge in [-0.15, -0.1) is 0 Å². The van der Waals surface area contributed by atoms with E-state index in [0.29, 0.717) is 17.8 Å². The molecule has 132 valence electrons. The number of rotatable bonds is 3. The predicted molar refractivity (Wildman–Crippen MR) is 86.1 cm³/mol. The summed E-state index contributed by atoms with van der Waals surface area (Å²) in [5.74, 6) is -2.19. The number of halogens is 5. The van der Waals surface area contributed by atoms with E-state index in [1.54, 1.807) is 19.1 Å². The van der Waals surface area contributed by atoms with Crippen molar-refractivity contribution in [2.24, 2.45) is 16.5 Å². The number of aliphatic imine (C=N–C) groups is 1. The number of hydrogen-bond acceptors (Lipinski definition) is 3. The van der Waals surface area contributed by atoms with Crippen LogP contribution in [0.5, 0.6) is 0 Å². The number of benzene rings is 2. The molecule has 25 heavy (non-hydrogen) atoms. The van der Waals surface area contributed by atoms with Crippen molar-refractivity contribution in [3.63, 3.8) is 0 Å². The molecule has 8 heteroatoms. The summed E-state index contributed by atoms with van der Waals surface area (Å²) in [5.41, 5.74) is 8.19. The quantitative estimate of drug-likeness (QED) is 0.636. The van der Waals surface area contributed by atoms with Gasteiger partial charge in [0.25, 0.3) is 0 Å². The summed E-state index contributed by atoms with van der Waals surface area (Å²) in [6.45, 7) is 1.80. The molecule has 2 aromatic carbocycles. The second-order valence-corrected chi connectivity index (χ2v) is 5.23. The van der Waals surface area contributed by atoms with E-state index in [1.165, 1.54) is 12.1 Å². The van der Waals surface area contributed by atoms with E-state index in [-0.39, 0.29) is 5.56 Å². The molecule has 0 heterocycles. The van der Waals surface area contributed by atoms with Crippen LogP contribution in [0.15, 0.2) is 53.3 Å². The Morgan fingerprint density at radius 3 is 2.20 bits per heavy atom. The van der Waals surface area contributed by atoms with Gasteiger partial charge in [0.05, 0.1) is 5.70 Å². The second kappa shape index (κ2) is 6.92. The van der Waals surface area contributed by atoms with Crippen LogP contribution in [0.2, 0.25) is 0 Å². The van der Waals surface area contributed by atoms with Gasteiger partial charge in [0.1, 0.15) is 11.5 Å². The van der Waals surface area contributed by atoms with Crippen LogP contribution < -0.4 is 11.5 Å². The number of hydrogen-bond donors (Lipinski definition) is 2. The lowest BCUT2D eigenvalue weighted by atomic mass is 10.0. The van der Waals surface area contributed by atoms with E-state index in [4.69, 9.17) is 11.5 Å². The van der Waals surface area contributed by atoms with Crippen LogP contribution in [0.1, 0.15) is 5.56 Å². The van der Waals surface area contributed by atoms with Crippen LogP contribution >= 0.6 is 0 Å². The highest BCUT2D eigenvalue weighted by Gasteiger charge is 2.38. The molecule has 0 fully saturated rings. The topological polar surface area (TPSA) is 64.4 Å². The molecule has 2 rings (SSSR count). The molecule has 0 spiro atoms. The van der Waals surface area contributed by atoms with Gasteiger partial charge in [-0.2, -0.15) is 13.2 Å². The van der Waals surface area contributed by atoms with E-state index >= 15 is 0 Å². The molecule has 0 aromatic heterocycles. The molecule has 3 nitrogen and oxygen atoms in total. The van der Waals surface area contributed by atoms with Crippen molar-refractivity contribution < 1.29 is 22.0 Å². The van der Waals surface area contributed by atoms with Gasteiger partial charge in [0.2, 0.25) is 0 Å². The van der Waals surface area contributed by atoms with Crippen molar-refractivity contribution in [1.82, 2.24) is 0 Å². The van der Waals surface area contributed by atoms with Crippen LogP contribution in [0.25, 0.3) is 11.1 Å². The Morgan fingerprint density at radius 1 is 1.08 bits per heavy atom. The lowest BCUT2D eigenvalue weighted by molar-refractivity contribution is -0.0582. The summed E-state index contributed by atoms with van der Waals surface area (Å²) < 4.78 is 67.2. The Kier molecular flexibility index (Phi) is 5.10. The highest BCUT2D eigenvalue weighted by molar-refractivity contribution is 6.05. The van der Waals surface area contributed by atoms with Gasteiger partial charge in [0.15, 0.2) is 11.5 Å². The third-order valence-corrected chi connectivity index (χ3v) is 3.34. The zero-order valence-corrected chi connectivity index (χ0v) is 13.0. The Bertz CT molecular complexity index is 837. The van der Waals surface area contributed by atoms with Crippen molar-refractivity contribution in [2.75, 3.05) is 0 Å².